The third kappa shape index (κ3) is 2.84. The maximum Gasteiger partial charge on any atom is 0.255 e. The highest BCUT2D eigenvalue weighted by Gasteiger charge is 2.10. The fourth-order valence-electron chi connectivity index (χ4n) is 1.41. The molecule has 0 fully saturated rings. The molecule has 3 N–H and O–H groups in total. The zero-order valence-electron chi connectivity index (χ0n) is 9.15. The highest BCUT2D eigenvalue weighted by atomic mass is 79.9. The van der Waals surface area contributed by atoms with Crippen LogP contribution in [0.2, 0.25) is 0 Å². The molecule has 0 spiro atoms. The van der Waals surface area contributed by atoms with Gasteiger partial charge in [-0.05, 0) is 40.2 Å². The average Bonchev–Trinajstić information content (AvgIpc) is 2.31. The Morgan fingerprint density at radius 3 is 2.83 bits per heavy atom. The maximum atomic E-state index is 13.1. The molecule has 0 saturated heterocycles. The van der Waals surface area contributed by atoms with Crippen LogP contribution < -0.4 is 11.1 Å². The van der Waals surface area contributed by atoms with E-state index in [1.807, 2.05) is 0 Å². The van der Waals surface area contributed by atoms with Crippen LogP contribution in [0.15, 0.2) is 41.1 Å². The van der Waals surface area contributed by atoms with Crippen molar-refractivity contribution in [1.82, 2.24) is 4.98 Å². The highest BCUT2D eigenvalue weighted by molar-refractivity contribution is 9.10. The second kappa shape index (κ2) is 5.14. The number of nitrogens with one attached hydrogen (secondary N) is 1. The van der Waals surface area contributed by atoms with Gasteiger partial charge < -0.3 is 11.1 Å². The summed E-state index contributed by atoms with van der Waals surface area (Å²) in [5.74, 6) is -0.984. The van der Waals surface area contributed by atoms with Crippen molar-refractivity contribution >= 4 is 33.2 Å². The summed E-state index contributed by atoms with van der Waals surface area (Å²) in [4.78, 5) is 15.8. The first-order valence-corrected chi connectivity index (χ1v) is 5.82. The number of pyridine rings is 1. The Morgan fingerprint density at radius 1 is 1.39 bits per heavy atom. The summed E-state index contributed by atoms with van der Waals surface area (Å²) in [5, 5.41) is 2.63. The number of amides is 1. The Morgan fingerprint density at radius 2 is 2.17 bits per heavy atom. The number of benzene rings is 1. The zero-order chi connectivity index (χ0) is 13.1. The number of carbonyl (C=O) groups is 1. The summed E-state index contributed by atoms with van der Waals surface area (Å²) in [6, 6.07) is 5.32. The highest BCUT2D eigenvalue weighted by Crippen LogP contribution is 2.21. The Bertz CT molecular complexity index is 583. The molecular formula is C12H9BrFN3O. The van der Waals surface area contributed by atoms with Gasteiger partial charge in [0.15, 0.2) is 0 Å². The first-order valence-electron chi connectivity index (χ1n) is 5.03. The summed E-state index contributed by atoms with van der Waals surface area (Å²) in [6.07, 6.45) is 3.09. The van der Waals surface area contributed by atoms with E-state index in [0.717, 1.165) is 12.1 Å². The number of nitrogen functional groups attached to an aromatic ring is 1. The second-order valence-electron chi connectivity index (χ2n) is 3.58. The summed E-state index contributed by atoms with van der Waals surface area (Å²) in [5.41, 5.74) is 6.40. The standard InChI is InChI=1S/C12H9BrFN3O/c13-10-6-16-2-1-11(10)17-12(18)7-3-8(14)5-9(15)4-7/h1-6H,15H2,(H,16,17,18). The van der Waals surface area contributed by atoms with Gasteiger partial charge >= 0.3 is 0 Å². The molecule has 1 heterocycles. The van der Waals surface area contributed by atoms with E-state index in [1.165, 1.54) is 6.07 Å². The Labute approximate surface area is 111 Å². The predicted octanol–water partition coefficient (Wildman–Crippen LogP) is 2.82. The summed E-state index contributed by atoms with van der Waals surface area (Å²) >= 11 is 3.25. The fourth-order valence-corrected chi connectivity index (χ4v) is 1.76. The maximum absolute atomic E-state index is 13.1. The number of carbonyl (C=O) groups excluding carboxylic acids is 1. The molecular weight excluding hydrogens is 301 g/mol. The van der Waals surface area contributed by atoms with Crippen molar-refractivity contribution in [1.29, 1.82) is 0 Å². The molecule has 0 bridgehead atoms. The largest absolute Gasteiger partial charge is 0.399 e. The smallest absolute Gasteiger partial charge is 0.255 e. The van der Waals surface area contributed by atoms with E-state index in [-0.39, 0.29) is 11.3 Å². The van der Waals surface area contributed by atoms with E-state index < -0.39 is 11.7 Å². The van der Waals surface area contributed by atoms with Gasteiger partial charge in [-0.25, -0.2) is 4.39 Å². The van der Waals surface area contributed by atoms with Crippen molar-refractivity contribution in [3.63, 3.8) is 0 Å². The molecule has 1 amide bonds. The number of rotatable bonds is 2. The van der Waals surface area contributed by atoms with Crippen molar-refractivity contribution in [2.24, 2.45) is 0 Å². The molecule has 0 radical (unpaired) electrons. The first kappa shape index (κ1) is 12.5. The fraction of sp³-hybridized carbons (Fsp3) is 0. The van der Waals surface area contributed by atoms with E-state index in [2.05, 4.69) is 26.2 Å². The minimum atomic E-state index is -0.547. The number of anilines is 2. The van der Waals surface area contributed by atoms with Gasteiger partial charge in [-0.1, -0.05) is 0 Å². The number of hydrogen-bond donors (Lipinski definition) is 2. The number of nitrogens with zero attached hydrogens (tertiary/aromatic N) is 1. The van der Waals surface area contributed by atoms with Gasteiger partial charge in [0.2, 0.25) is 0 Å². The lowest BCUT2D eigenvalue weighted by Crippen LogP contribution is -2.13. The van der Waals surface area contributed by atoms with Crippen LogP contribution in [0.4, 0.5) is 15.8 Å². The van der Waals surface area contributed by atoms with Gasteiger partial charge in [0.1, 0.15) is 5.82 Å². The minimum absolute atomic E-state index is 0.163. The third-order valence-corrected chi connectivity index (χ3v) is 2.83. The summed E-state index contributed by atoms with van der Waals surface area (Å²) in [7, 11) is 0. The van der Waals surface area contributed by atoms with Crippen molar-refractivity contribution in [2.45, 2.75) is 0 Å². The molecule has 92 valence electrons. The number of nitrogens with two attached hydrogens (primary N) is 1. The first-order chi connectivity index (χ1) is 8.56. The Balaban J connectivity index is 2.25. The Kier molecular flexibility index (Phi) is 3.57. The van der Waals surface area contributed by atoms with Gasteiger partial charge in [0.05, 0.1) is 10.2 Å². The van der Waals surface area contributed by atoms with Crippen molar-refractivity contribution in [3.8, 4) is 0 Å². The number of hydrogen-bond acceptors (Lipinski definition) is 3. The number of aromatic nitrogens is 1. The average molecular weight is 310 g/mol. The van der Waals surface area contributed by atoms with E-state index in [9.17, 15) is 9.18 Å². The van der Waals surface area contributed by atoms with Crippen LogP contribution in [0, 0.1) is 5.82 Å². The third-order valence-electron chi connectivity index (χ3n) is 2.20. The molecule has 2 aromatic rings. The quantitative estimate of drug-likeness (QED) is 0.838. The van der Waals surface area contributed by atoms with Crippen molar-refractivity contribution in [2.75, 3.05) is 11.1 Å². The molecule has 0 saturated carbocycles. The molecule has 0 atom stereocenters. The van der Waals surface area contributed by atoms with Gasteiger partial charge in [-0.3, -0.25) is 9.78 Å². The lowest BCUT2D eigenvalue weighted by molar-refractivity contribution is 0.102. The molecule has 6 heteroatoms. The van der Waals surface area contributed by atoms with Gasteiger partial charge in [-0.2, -0.15) is 0 Å². The molecule has 0 aliphatic rings. The van der Waals surface area contributed by atoms with Crippen LogP contribution in [-0.4, -0.2) is 10.9 Å². The summed E-state index contributed by atoms with van der Waals surface area (Å²) < 4.78 is 13.8. The minimum Gasteiger partial charge on any atom is -0.399 e. The van der Waals surface area contributed by atoms with Crippen LogP contribution in [0.1, 0.15) is 10.4 Å². The van der Waals surface area contributed by atoms with Crippen molar-refractivity contribution in [3.05, 3.63) is 52.5 Å². The monoisotopic (exact) mass is 309 g/mol. The van der Waals surface area contributed by atoms with Crippen LogP contribution in [0.25, 0.3) is 0 Å². The molecule has 1 aromatic heterocycles. The van der Waals surface area contributed by atoms with Gasteiger partial charge in [-0.15, -0.1) is 0 Å². The SMILES string of the molecule is Nc1cc(F)cc(C(=O)Nc2ccncc2Br)c1. The zero-order valence-corrected chi connectivity index (χ0v) is 10.7. The lowest BCUT2D eigenvalue weighted by atomic mass is 10.2. The van der Waals surface area contributed by atoms with Crippen LogP contribution in [-0.2, 0) is 0 Å². The molecule has 0 unspecified atom stereocenters. The Hall–Kier alpha value is -1.95. The van der Waals surface area contributed by atoms with Gasteiger partial charge in [0.25, 0.3) is 5.91 Å². The topological polar surface area (TPSA) is 68.0 Å². The van der Waals surface area contributed by atoms with E-state index >= 15 is 0 Å². The lowest BCUT2D eigenvalue weighted by Gasteiger charge is -2.07. The van der Waals surface area contributed by atoms with Crippen LogP contribution in [0.3, 0.4) is 0 Å². The van der Waals surface area contributed by atoms with E-state index in [4.69, 9.17) is 5.73 Å². The molecule has 1 aromatic carbocycles. The predicted molar refractivity (Wildman–Crippen MR) is 70.7 cm³/mol. The molecule has 0 aliphatic heterocycles. The van der Waals surface area contributed by atoms with E-state index in [1.54, 1.807) is 18.5 Å². The molecule has 4 nitrogen and oxygen atoms in total. The van der Waals surface area contributed by atoms with Crippen LogP contribution >= 0.6 is 15.9 Å². The van der Waals surface area contributed by atoms with E-state index in [0.29, 0.717) is 10.2 Å². The summed E-state index contributed by atoms with van der Waals surface area (Å²) in [6.45, 7) is 0. The van der Waals surface area contributed by atoms with Crippen LogP contribution in [0.5, 0.6) is 0 Å². The molecule has 18 heavy (non-hydrogen) atoms. The number of halogens is 2. The molecule has 0 aliphatic carbocycles. The van der Waals surface area contributed by atoms with Crippen molar-refractivity contribution < 1.29 is 9.18 Å². The second-order valence-corrected chi connectivity index (χ2v) is 4.44. The normalized spacial score (nSPS) is 10.1. The van der Waals surface area contributed by atoms with Gasteiger partial charge in [0, 0.05) is 23.6 Å². The molecule has 2 rings (SSSR count).